The fourth-order valence-corrected chi connectivity index (χ4v) is 2.82. The number of sulfone groups is 1. The molecule has 1 aromatic heterocycles. The van der Waals surface area contributed by atoms with Gasteiger partial charge in [0.1, 0.15) is 5.75 Å². The van der Waals surface area contributed by atoms with Gasteiger partial charge in [-0.15, -0.1) is 5.10 Å². The van der Waals surface area contributed by atoms with E-state index in [-0.39, 0.29) is 27.3 Å². The highest BCUT2D eigenvalue weighted by atomic mass is 32.2. The summed E-state index contributed by atoms with van der Waals surface area (Å²) in [6.07, 6.45) is 0. The summed E-state index contributed by atoms with van der Waals surface area (Å²) in [4.78, 5) is 11.0. The van der Waals surface area contributed by atoms with Gasteiger partial charge < -0.3 is 9.73 Å². The van der Waals surface area contributed by atoms with Gasteiger partial charge in [-0.2, -0.15) is 0 Å². The van der Waals surface area contributed by atoms with Gasteiger partial charge in [0.15, 0.2) is 9.84 Å². The maximum Gasteiger partial charge on any atom is 0.284 e. The Labute approximate surface area is 119 Å². The molecule has 0 radical (unpaired) electrons. The number of H-pyrrole nitrogens is 1. The summed E-state index contributed by atoms with van der Waals surface area (Å²) in [5, 5.41) is 8.56. The molecule has 0 saturated heterocycles. The molecule has 2 aromatic rings. The average Bonchev–Trinajstić information content (AvgIpc) is 2.74. The van der Waals surface area contributed by atoms with Crippen LogP contribution in [-0.4, -0.2) is 24.5 Å². The maximum absolute atomic E-state index is 12.1. The van der Waals surface area contributed by atoms with Crippen LogP contribution in [0.3, 0.4) is 0 Å². The molecule has 1 heterocycles. The van der Waals surface area contributed by atoms with Gasteiger partial charge in [-0.3, -0.25) is 4.79 Å². The first kappa shape index (κ1) is 14.4. The fourth-order valence-electron chi connectivity index (χ4n) is 1.52. The van der Waals surface area contributed by atoms with Crippen LogP contribution in [0.4, 0.5) is 5.69 Å². The molecule has 2 rings (SSSR count). The molecule has 106 valence electrons. The van der Waals surface area contributed by atoms with Crippen molar-refractivity contribution in [2.75, 3.05) is 5.32 Å². The smallest absolute Gasteiger partial charge is 0.284 e. The van der Waals surface area contributed by atoms with Crippen LogP contribution in [0.25, 0.3) is 0 Å². The van der Waals surface area contributed by atoms with E-state index in [9.17, 15) is 13.2 Å². The largest absolute Gasteiger partial charge is 0.413 e. The standard InChI is InChI=1S/C11H11N3O4S2/c1-7(15)12-8-2-4-9(5-3-8)20(16,17)6-10-13-14-11(19)18-10/h2-5H,6H2,1H3,(H,12,15)(H,14,19). The molecule has 7 nitrogen and oxygen atoms in total. The molecule has 9 heteroatoms. The predicted molar refractivity (Wildman–Crippen MR) is 73.3 cm³/mol. The summed E-state index contributed by atoms with van der Waals surface area (Å²) < 4.78 is 29.1. The lowest BCUT2D eigenvalue weighted by molar-refractivity contribution is -0.114. The lowest BCUT2D eigenvalue weighted by atomic mass is 10.3. The number of hydrogen-bond donors (Lipinski definition) is 2. The Kier molecular flexibility index (Phi) is 4.00. The van der Waals surface area contributed by atoms with Crippen LogP contribution in [0.2, 0.25) is 0 Å². The third kappa shape index (κ3) is 3.52. The van der Waals surface area contributed by atoms with Crippen molar-refractivity contribution in [3.8, 4) is 0 Å². The van der Waals surface area contributed by atoms with E-state index in [1.807, 2.05) is 0 Å². The number of nitrogens with one attached hydrogen (secondary N) is 2. The van der Waals surface area contributed by atoms with Crippen molar-refractivity contribution in [1.29, 1.82) is 0 Å². The fraction of sp³-hybridized carbons (Fsp3) is 0.182. The van der Waals surface area contributed by atoms with Crippen LogP contribution < -0.4 is 5.32 Å². The normalized spacial score (nSPS) is 11.2. The second-order valence-corrected chi connectivity index (χ2v) is 6.33. The van der Waals surface area contributed by atoms with E-state index in [1.165, 1.54) is 31.2 Å². The highest BCUT2D eigenvalue weighted by Gasteiger charge is 2.18. The van der Waals surface area contributed by atoms with E-state index in [4.69, 9.17) is 4.42 Å². The minimum absolute atomic E-state index is 0.000868. The van der Waals surface area contributed by atoms with E-state index in [2.05, 4.69) is 27.7 Å². The molecule has 1 amide bonds. The molecule has 0 aliphatic carbocycles. The Morgan fingerprint density at radius 1 is 1.40 bits per heavy atom. The number of anilines is 1. The SMILES string of the molecule is CC(=O)Nc1ccc(S(=O)(=O)Cc2n[nH]c(=S)o2)cc1. The van der Waals surface area contributed by atoms with E-state index >= 15 is 0 Å². The summed E-state index contributed by atoms with van der Waals surface area (Å²) in [7, 11) is -3.58. The van der Waals surface area contributed by atoms with Gasteiger partial charge in [0.2, 0.25) is 11.8 Å². The van der Waals surface area contributed by atoms with E-state index in [0.29, 0.717) is 5.69 Å². The van der Waals surface area contributed by atoms with Crippen molar-refractivity contribution in [2.45, 2.75) is 17.6 Å². The molecular formula is C11H11N3O4S2. The second kappa shape index (κ2) is 5.55. The number of nitrogens with zero attached hydrogens (tertiary/aromatic N) is 1. The highest BCUT2D eigenvalue weighted by Crippen LogP contribution is 2.18. The van der Waals surface area contributed by atoms with Crippen LogP contribution in [0.5, 0.6) is 0 Å². The zero-order valence-corrected chi connectivity index (χ0v) is 12.0. The molecule has 0 fully saturated rings. The molecule has 0 spiro atoms. The Balaban J connectivity index is 2.21. The number of carbonyl (C=O) groups excluding carboxylic acids is 1. The average molecular weight is 313 g/mol. The molecule has 0 bridgehead atoms. The summed E-state index contributed by atoms with van der Waals surface area (Å²) in [5.41, 5.74) is 0.522. The Hall–Kier alpha value is -2.00. The van der Waals surface area contributed by atoms with Crippen LogP contribution in [-0.2, 0) is 20.4 Å². The van der Waals surface area contributed by atoms with E-state index in [0.717, 1.165) is 0 Å². The van der Waals surface area contributed by atoms with Crippen LogP contribution in [0.1, 0.15) is 12.8 Å². The predicted octanol–water partition coefficient (Wildman–Crippen LogP) is 1.66. The molecule has 1 aromatic carbocycles. The topological polar surface area (TPSA) is 105 Å². The van der Waals surface area contributed by atoms with Gasteiger partial charge in [-0.1, -0.05) is 0 Å². The third-order valence-corrected chi connectivity index (χ3v) is 4.12. The first-order valence-corrected chi connectivity index (χ1v) is 7.58. The van der Waals surface area contributed by atoms with Gasteiger partial charge in [0.05, 0.1) is 4.90 Å². The summed E-state index contributed by atoms with van der Waals surface area (Å²) >= 11 is 4.68. The van der Waals surface area contributed by atoms with Gasteiger partial charge in [0, 0.05) is 12.6 Å². The zero-order valence-electron chi connectivity index (χ0n) is 10.4. The van der Waals surface area contributed by atoms with Crippen LogP contribution >= 0.6 is 12.2 Å². The van der Waals surface area contributed by atoms with Crippen LogP contribution in [0, 0.1) is 4.84 Å². The summed E-state index contributed by atoms with van der Waals surface area (Å²) in [6.45, 7) is 1.37. The molecule has 0 atom stereocenters. The summed E-state index contributed by atoms with van der Waals surface area (Å²) in [5.74, 6) is -0.616. The van der Waals surface area contributed by atoms with Crippen molar-refractivity contribution in [2.24, 2.45) is 0 Å². The first-order valence-electron chi connectivity index (χ1n) is 5.51. The van der Waals surface area contributed by atoms with Gasteiger partial charge in [0.25, 0.3) is 4.84 Å². The minimum Gasteiger partial charge on any atom is -0.413 e. The molecule has 0 saturated carbocycles. The summed E-state index contributed by atoms with van der Waals surface area (Å²) in [6, 6.07) is 5.83. The Bertz CT molecular complexity index is 774. The highest BCUT2D eigenvalue weighted by molar-refractivity contribution is 7.90. The number of amides is 1. The molecule has 0 aliphatic rings. The van der Waals surface area contributed by atoms with E-state index < -0.39 is 9.84 Å². The molecular weight excluding hydrogens is 302 g/mol. The molecule has 0 aliphatic heterocycles. The molecule has 2 N–H and O–H groups in total. The van der Waals surface area contributed by atoms with Crippen molar-refractivity contribution in [1.82, 2.24) is 10.2 Å². The quantitative estimate of drug-likeness (QED) is 0.832. The van der Waals surface area contributed by atoms with Crippen molar-refractivity contribution in [3.05, 3.63) is 35.0 Å². The third-order valence-electron chi connectivity index (χ3n) is 2.33. The van der Waals surface area contributed by atoms with Crippen molar-refractivity contribution in [3.63, 3.8) is 0 Å². The molecule has 20 heavy (non-hydrogen) atoms. The van der Waals surface area contributed by atoms with Crippen molar-refractivity contribution < 1.29 is 17.6 Å². The number of aromatic amines is 1. The number of hydrogen-bond acceptors (Lipinski definition) is 6. The number of benzene rings is 1. The second-order valence-electron chi connectivity index (χ2n) is 3.97. The van der Waals surface area contributed by atoms with Gasteiger partial charge >= 0.3 is 0 Å². The lowest BCUT2D eigenvalue weighted by Gasteiger charge is -2.04. The zero-order chi connectivity index (χ0) is 14.8. The monoisotopic (exact) mass is 313 g/mol. The van der Waals surface area contributed by atoms with Crippen molar-refractivity contribution >= 4 is 33.6 Å². The van der Waals surface area contributed by atoms with Crippen LogP contribution in [0.15, 0.2) is 33.6 Å². The first-order chi connectivity index (χ1) is 9.37. The number of aromatic nitrogens is 2. The lowest BCUT2D eigenvalue weighted by Crippen LogP contribution is -2.07. The Morgan fingerprint density at radius 3 is 2.55 bits per heavy atom. The van der Waals surface area contributed by atoms with E-state index in [1.54, 1.807) is 0 Å². The minimum atomic E-state index is -3.58. The number of rotatable bonds is 4. The molecule has 0 unspecified atom stereocenters. The number of carbonyl (C=O) groups is 1. The van der Waals surface area contributed by atoms with Gasteiger partial charge in [-0.25, -0.2) is 13.5 Å². The van der Waals surface area contributed by atoms with Gasteiger partial charge in [-0.05, 0) is 36.5 Å². The Morgan fingerprint density at radius 2 is 2.05 bits per heavy atom. The maximum atomic E-state index is 12.1.